The van der Waals surface area contributed by atoms with E-state index in [0.717, 1.165) is 5.56 Å². The van der Waals surface area contributed by atoms with Crippen LogP contribution in [0.2, 0.25) is 0 Å². The van der Waals surface area contributed by atoms with Crippen molar-refractivity contribution in [2.45, 2.75) is 20.3 Å². The molecular weight excluding hydrogens is 338 g/mol. The molecule has 0 aliphatic rings. The van der Waals surface area contributed by atoms with Crippen LogP contribution in [-0.2, 0) is 18.3 Å². The molecule has 0 unspecified atom stereocenters. The lowest BCUT2D eigenvalue weighted by molar-refractivity contribution is -0.114. The van der Waals surface area contributed by atoms with Gasteiger partial charge in [-0.15, -0.1) is 0 Å². The van der Waals surface area contributed by atoms with E-state index in [4.69, 9.17) is 0 Å². The zero-order valence-corrected chi connectivity index (χ0v) is 15.8. The molecule has 2 aromatic carbocycles. The molecule has 1 heterocycles. The van der Waals surface area contributed by atoms with E-state index < -0.39 is 11.7 Å². The topological polar surface area (TPSA) is 55.2 Å². The second kappa shape index (κ2) is 7.99. The molecule has 0 N–H and O–H groups in total. The molecule has 0 atom stereocenters. The highest BCUT2D eigenvalue weighted by molar-refractivity contribution is 6.47. The molecule has 3 aromatic rings. The van der Waals surface area contributed by atoms with Crippen molar-refractivity contribution in [2.24, 2.45) is 7.05 Å². The summed E-state index contributed by atoms with van der Waals surface area (Å²) in [4.78, 5) is 27.7. The minimum absolute atomic E-state index is 0.392. The van der Waals surface area contributed by atoms with Crippen LogP contribution in [0, 0.1) is 13.8 Å². The fourth-order valence-electron chi connectivity index (χ4n) is 3.17. The lowest BCUT2D eigenvalue weighted by Gasteiger charge is -2.22. The van der Waals surface area contributed by atoms with E-state index in [1.165, 1.54) is 0 Å². The van der Waals surface area contributed by atoms with Gasteiger partial charge in [0.1, 0.15) is 0 Å². The molecule has 0 saturated heterocycles. The molecule has 1 aromatic heterocycles. The first-order chi connectivity index (χ1) is 13.0. The summed E-state index contributed by atoms with van der Waals surface area (Å²) in [6.45, 7) is 3.98. The average molecular weight is 361 g/mol. The standard InChI is InChI=1S/C22H23N3O2/c1-16-20(17(2)24(3)23-16)21(26)22(27)25(19-12-8-5-9-13-19)15-14-18-10-6-4-7-11-18/h4-13H,14-15H2,1-3H3. The molecule has 1 amide bonds. The Morgan fingerprint density at radius 3 is 2.11 bits per heavy atom. The summed E-state index contributed by atoms with van der Waals surface area (Å²) in [5.74, 6) is -1.05. The first kappa shape index (κ1) is 18.6. The number of benzene rings is 2. The van der Waals surface area contributed by atoms with Crippen LogP contribution in [0.4, 0.5) is 5.69 Å². The third-order valence-electron chi connectivity index (χ3n) is 4.71. The summed E-state index contributed by atoms with van der Waals surface area (Å²) in [5, 5.41) is 4.26. The Hall–Kier alpha value is -3.21. The van der Waals surface area contributed by atoms with Gasteiger partial charge in [-0.25, -0.2) is 0 Å². The summed E-state index contributed by atoms with van der Waals surface area (Å²) in [7, 11) is 1.77. The van der Waals surface area contributed by atoms with Crippen molar-refractivity contribution in [3.05, 3.63) is 83.2 Å². The van der Waals surface area contributed by atoms with Crippen LogP contribution < -0.4 is 4.90 Å². The second-order valence-electron chi connectivity index (χ2n) is 6.53. The monoisotopic (exact) mass is 361 g/mol. The van der Waals surface area contributed by atoms with E-state index in [-0.39, 0.29) is 0 Å². The minimum Gasteiger partial charge on any atom is -0.305 e. The van der Waals surface area contributed by atoms with Crippen molar-refractivity contribution < 1.29 is 9.59 Å². The van der Waals surface area contributed by atoms with Gasteiger partial charge >= 0.3 is 0 Å². The van der Waals surface area contributed by atoms with E-state index in [1.54, 1.807) is 30.5 Å². The first-order valence-corrected chi connectivity index (χ1v) is 8.94. The van der Waals surface area contributed by atoms with Crippen LogP contribution in [0.25, 0.3) is 0 Å². The van der Waals surface area contributed by atoms with E-state index in [0.29, 0.717) is 35.6 Å². The van der Waals surface area contributed by atoms with Gasteiger partial charge in [-0.3, -0.25) is 14.3 Å². The van der Waals surface area contributed by atoms with Gasteiger partial charge in [0, 0.05) is 25.0 Å². The predicted octanol–water partition coefficient (Wildman–Crippen LogP) is 3.50. The van der Waals surface area contributed by atoms with Gasteiger partial charge in [-0.1, -0.05) is 48.5 Å². The Morgan fingerprint density at radius 1 is 0.963 bits per heavy atom. The Labute approximate surface area is 159 Å². The number of Topliss-reactive ketones (excluding diaryl/α,β-unsaturated/α-hetero) is 1. The highest BCUT2D eigenvalue weighted by Gasteiger charge is 2.28. The summed E-state index contributed by atoms with van der Waals surface area (Å²) >= 11 is 0. The Balaban J connectivity index is 1.90. The highest BCUT2D eigenvalue weighted by atomic mass is 16.2. The van der Waals surface area contributed by atoms with Crippen LogP contribution in [-0.4, -0.2) is 28.0 Å². The first-order valence-electron chi connectivity index (χ1n) is 8.94. The number of para-hydroxylation sites is 1. The van der Waals surface area contributed by atoms with Gasteiger partial charge in [-0.2, -0.15) is 5.10 Å². The molecule has 3 rings (SSSR count). The quantitative estimate of drug-likeness (QED) is 0.499. The number of ketones is 1. The lowest BCUT2D eigenvalue weighted by Crippen LogP contribution is -2.38. The van der Waals surface area contributed by atoms with Crippen molar-refractivity contribution in [3.8, 4) is 0 Å². The molecule has 0 fully saturated rings. The lowest BCUT2D eigenvalue weighted by atomic mass is 10.1. The number of rotatable bonds is 6. The molecule has 0 radical (unpaired) electrons. The predicted molar refractivity (Wildman–Crippen MR) is 106 cm³/mol. The van der Waals surface area contributed by atoms with E-state index in [1.807, 2.05) is 60.7 Å². The summed E-state index contributed by atoms with van der Waals surface area (Å²) in [6, 6.07) is 19.2. The number of aromatic nitrogens is 2. The third kappa shape index (κ3) is 3.97. The molecule has 0 aliphatic carbocycles. The maximum Gasteiger partial charge on any atom is 0.299 e. The highest BCUT2D eigenvalue weighted by Crippen LogP contribution is 2.19. The SMILES string of the molecule is Cc1nn(C)c(C)c1C(=O)C(=O)N(CCc1ccccc1)c1ccccc1. The van der Waals surface area contributed by atoms with Gasteiger partial charge in [-0.05, 0) is 38.0 Å². The van der Waals surface area contributed by atoms with Crippen molar-refractivity contribution in [3.63, 3.8) is 0 Å². The van der Waals surface area contributed by atoms with Gasteiger partial charge in [0.25, 0.3) is 11.7 Å². The average Bonchev–Trinajstić information content (AvgIpc) is 2.94. The number of nitrogens with zero attached hydrogens (tertiary/aromatic N) is 3. The van der Waals surface area contributed by atoms with E-state index in [9.17, 15) is 9.59 Å². The molecule has 5 nitrogen and oxygen atoms in total. The molecule has 0 bridgehead atoms. The van der Waals surface area contributed by atoms with Crippen LogP contribution in [0.5, 0.6) is 0 Å². The van der Waals surface area contributed by atoms with Crippen molar-refractivity contribution in [1.82, 2.24) is 9.78 Å². The number of hydrogen-bond donors (Lipinski definition) is 0. The van der Waals surface area contributed by atoms with Crippen LogP contribution in [0.15, 0.2) is 60.7 Å². The van der Waals surface area contributed by atoms with Crippen molar-refractivity contribution >= 4 is 17.4 Å². The number of amides is 1. The largest absolute Gasteiger partial charge is 0.305 e. The summed E-state index contributed by atoms with van der Waals surface area (Å²) < 4.78 is 1.63. The molecule has 5 heteroatoms. The Kier molecular flexibility index (Phi) is 5.50. The Morgan fingerprint density at radius 2 is 1.56 bits per heavy atom. The number of anilines is 1. The smallest absolute Gasteiger partial charge is 0.299 e. The molecule has 0 saturated carbocycles. The minimum atomic E-state index is -0.531. The second-order valence-corrected chi connectivity index (χ2v) is 6.53. The van der Waals surface area contributed by atoms with E-state index in [2.05, 4.69) is 5.10 Å². The summed E-state index contributed by atoms with van der Waals surface area (Å²) in [6.07, 6.45) is 0.666. The zero-order valence-electron chi connectivity index (χ0n) is 15.8. The van der Waals surface area contributed by atoms with E-state index >= 15 is 0 Å². The van der Waals surface area contributed by atoms with Crippen LogP contribution >= 0.6 is 0 Å². The number of hydrogen-bond acceptors (Lipinski definition) is 3. The third-order valence-corrected chi connectivity index (χ3v) is 4.71. The fraction of sp³-hybridized carbons (Fsp3) is 0.227. The maximum atomic E-state index is 13.1. The van der Waals surface area contributed by atoms with Gasteiger partial charge in [0.15, 0.2) is 0 Å². The van der Waals surface area contributed by atoms with Gasteiger partial charge in [0.05, 0.1) is 11.3 Å². The van der Waals surface area contributed by atoms with Gasteiger partial charge < -0.3 is 4.90 Å². The number of carbonyl (C=O) groups excluding carboxylic acids is 2. The van der Waals surface area contributed by atoms with Crippen LogP contribution in [0.1, 0.15) is 27.3 Å². The van der Waals surface area contributed by atoms with Crippen LogP contribution in [0.3, 0.4) is 0 Å². The normalized spacial score (nSPS) is 10.6. The summed E-state index contributed by atoms with van der Waals surface area (Å²) in [5.41, 5.74) is 3.49. The van der Waals surface area contributed by atoms with Crippen molar-refractivity contribution in [1.29, 1.82) is 0 Å². The molecular formula is C22H23N3O2. The Bertz CT molecular complexity index is 946. The molecule has 0 spiro atoms. The molecule has 27 heavy (non-hydrogen) atoms. The fourth-order valence-corrected chi connectivity index (χ4v) is 3.17. The number of aryl methyl sites for hydroxylation is 2. The van der Waals surface area contributed by atoms with Crippen molar-refractivity contribution in [2.75, 3.05) is 11.4 Å². The zero-order chi connectivity index (χ0) is 19.4. The number of carbonyl (C=O) groups is 2. The molecule has 0 aliphatic heterocycles. The van der Waals surface area contributed by atoms with Gasteiger partial charge in [0.2, 0.25) is 0 Å². The molecule has 138 valence electrons. The maximum absolute atomic E-state index is 13.1.